The Bertz CT molecular complexity index is 1240. The Morgan fingerprint density at radius 2 is 1.56 bits per heavy atom. The summed E-state index contributed by atoms with van der Waals surface area (Å²) in [6, 6.07) is 16.9. The van der Waals surface area contributed by atoms with Crippen LogP contribution in [0.1, 0.15) is 42.6 Å². The molecule has 0 unspecified atom stereocenters. The van der Waals surface area contributed by atoms with E-state index < -0.39 is 35.2 Å². The molecule has 2 amide bonds. The van der Waals surface area contributed by atoms with Gasteiger partial charge in [-0.15, -0.1) is 0 Å². The summed E-state index contributed by atoms with van der Waals surface area (Å²) in [6.45, 7) is 3.44. The van der Waals surface area contributed by atoms with Crippen LogP contribution < -0.4 is 5.73 Å². The maximum absolute atomic E-state index is 13.8. The summed E-state index contributed by atoms with van der Waals surface area (Å²) in [4.78, 5) is 38.7. The fraction of sp³-hybridized carbons (Fsp3) is 0.250. The van der Waals surface area contributed by atoms with Crippen molar-refractivity contribution in [3.8, 4) is 11.1 Å². The molecule has 1 atom stereocenters. The van der Waals surface area contributed by atoms with E-state index in [1.165, 1.54) is 29.2 Å². The van der Waals surface area contributed by atoms with E-state index in [-0.39, 0.29) is 30.6 Å². The summed E-state index contributed by atoms with van der Waals surface area (Å²) in [5.74, 6) is -3.30. The first-order chi connectivity index (χ1) is 17.0. The molecule has 0 aliphatic carbocycles. The molecule has 0 spiro atoms. The summed E-state index contributed by atoms with van der Waals surface area (Å²) in [5.41, 5.74) is 6.49. The smallest absolute Gasteiger partial charge is 0.326 e. The van der Waals surface area contributed by atoms with Gasteiger partial charge in [-0.25, -0.2) is 13.6 Å². The molecule has 0 saturated carbocycles. The van der Waals surface area contributed by atoms with Crippen molar-refractivity contribution in [2.45, 2.75) is 44.7 Å². The first-order valence-corrected chi connectivity index (χ1v) is 11.4. The number of amides is 2. The van der Waals surface area contributed by atoms with Crippen molar-refractivity contribution >= 4 is 17.8 Å². The summed E-state index contributed by atoms with van der Waals surface area (Å²) < 4.78 is 27.0. The highest BCUT2D eigenvalue weighted by molar-refractivity contribution is 5.97. The fourth-order valence-corrected chi connectivity index (χ4v) is 4.28. The molecule has 0 aliphatic rings. The minimum absolute atomic E-state index is 0.162. The number of hydrogen-bond donors (Lipinski definition) is 2. The highest BCUT2D eigenvalue weighted by Gasteiger charge is 2.40. The van der Waals surface area contributed by atoms with Crippen molar-refractivity contribution in [3.05, 3.63) is 95.6 Å². The Morgan fingerprint density at radius 1 is 0.917 bits per heavy atom. The minimum Gasteiger partial charge on any atom is -0.480 e. The van der Waals surface area contributed by atoms with Crippen LogP contribution in [0.15, 0.2) is 72.8 Å². The van der Waals surface area contributed by atoms with E-state index in [9.17, 15) is 28.3 Å². The molecule has 3 aromatic rings. The predicted molar refractivity (Wildman–Crippen MR) is 132 cm³/mol. The normalized spacial score (nSPS) is 12.1. The Balaban J connectivity index is 1.99. The number of aliphatic carboxylic acids is 1. The van der Waals surface area contributed by atoms with Crippen LogP contribution in [0.3, 0.4) is 0 Å². The monoisotopic (exact) mass is 494 g/mol. The van der Waals surface area contributed by atoms with E-state index in [1.54, 1.807) is 62.4 Å². The standard InChI is InChI=1S/C28H28F2N2O4/c1-28(2,17-18-6-12-22(29)13-7-18)32(24(27(35)36)14-15-25(31)33)26(34)20-10-8-19(9-11-20)21-4-3-5-23(30)16-21/h3-13,16,24H,14-15,17H2,1-2H3,(H2,31,33)(H,35,36)/t24-/m0/s1. The first kappa shape index (κ1) is 26.5. The second-order valence-electron chi connectivity index (χ2n) is 9.24. The Labute approximate surface area is 208 Å². The van der Waals surface area contributed by atoms with Gasteiger partial charge >= 0.3 is 5.97 Å². The maximum Gasteiger partial charge on any atom is 0.326 e. The molecule has 0 fully saturated rings. The zero-order chi connectivity index (χ0) is 26.5. The Hall–Kier alpha value is -4.07. The van der Waals surface area contributed by atoms with E-state index in [2.05, 4.69) is 0 Å². The van der Waals surface area contributed by atoms with E-state index >= 15 is 0 Å². The number of carbonyl (C=O) groups is 3. The van der Waals surface area contributed by atoms with E-state index in [4.69, 9.17) is 5.73 Å². The average molecular weight is 495 g/mol. The molecular weight excluding hydrogens is 466 g/mol. The lowest BCUT2D eigenvalue weighted by molar-refractivity contribution is -0.144. The van der Waals surface area contributed by atoms with Gasteiger partial charge in [-0.3, -0.25) is 9.59 Å². The second kappa shape index (κ2) is 11.1. The first-order valence-electron chi connectivity index (χ1n) is 11.4. The summed E-state index contributed by atoms with van der Waals surface area (Å²) in [7, 11) is 0. The van der Waals surface area contributed by atoms with Gasteiger partial charge in [0.2, 0.25) is 5.91 Å². The van der Waals surface area contributed by atoms with Crippen molar-refractivity contribution in [3.63, 3.8) is 0 Å². The molecule has 0 radical (unpaired) electrons. The number of benzene rings is 3. The van der Waals surface area contributed by atoms with Gasteiger partial charge in [-0.05, 0) is 79.8 Å². The molecule has 188 valence electrons. The predicted octanol–water partition coefficient (Wildman–Crippen LogP) is 4.81. The van der Waals surface area contributed by atoms with Gasteiger partial charge in [0.1, 0.15) is 17.7 Å². The number of hydrogen-bond acceptors (Lipinski definition) is 3. The number of carboxylic acids is 1. The average Bonchev–Trinajstić information content (AvgIpc) is 2.82. The molecule has 6 nitrogen and oxygen atoms in total. The lowest BCUT2D eigenvalue weighted by atomic mass is 9.89. The van der Waals surface area contributed by atoms with Crippen LogP contribution in [0, 0.1) is 11.6 Å². The van der Waals surface area contributed by atoms with Crippen molar-refractivity contribution in [1.29, 1.82) is 0 Å². The van der Waals surface area contributed by atoms with Gasteiger partial charge in [0.25, 0.3) is 5.91 Å². The van der Waals surface area contributed by atoms with Gasteiger partial charge in [0, 0.05) is 17.5 Å². The molecule has 0 saturated heterocycles. The number of carboxylic acid groups (broad SMARTS) is 1. The summed E-state index contributed by atoms with van der Waals surface area (Å²) in [5, 5.41) is 10.0. The van der Waals surface area contributed by atoms with E-state index in [0.717, 1.165) is 0 Å². The zero-order valence-electron chi connectivity index (χ0n) is 20.1. The van der Waals surface area contributed by atoms with Crippen molar-refractivity contribution < 1.29 is 28.3 Å². The lowest BCUT2D eigenvalue weighted by Gasteiger charge is -2.42. The lowest BCUT2D eigenvalue weighted by Crippen LogP contribution is -2.57. The summed E-state index contributed by atoms with van der Waals surface area (Å²) in [6.07, 6.45) is -0.142. The van der Waals surface area contributed by atoms with Gasteiger partial charge in [0.05, 0.1) is 0 Å². The molecule has 3 aromatic carbocycles. The van der Waals surface area contributed by atoms with Crippen LogP contribution in [-0.4, -0.2) is 39.4 Å². The van der Waals surface area contributed by atoms with Crippen LogP contribution >= 0.6 is 0 Å². The largest absolute Gasteiger partial charge is 0.480 e. The van der Waals surface area contributed by atoms with Crippen molar-refractivity contribution in [2.24, 2.45) is 5.73 Å². The zero-order valence-corrected chi connectivity index (χ0v) is 20.1. The SMILES string of the molecule is CC(C)(Cc1ccc(F)cc1)N(C(=O)c1ccc(-c2cccc(F)c2)cc1)[C@@H](CCC(N)=O)C(=O)O. The molecule has 8 heteroatoms. The van der Waals surface area contributed by atoms with Gasteiger partial charge in [0.15, 0.2) is 0 Å². The molecule has 0 aliphatic heterocycles. The number of primary amides is 1. The van der Waals surface area contributed by atoms with Crippen LogP contribution in [0.4, 0.5) is 8.78 Å². The van der Waals surface area contributed by atoms with E-state index in [0.29, 0.717) is 16.7 Å². The third kappa shape index (κ3) is 6.53. The Kier molecular flexibility index (Phi) is 8.19. The minimum atomic E-state index is -1.33. The molecule has 0 heterocycles. The number of carbonyl (C=O) groups excluding carboxylic acids is 2. The molecule has 36 heavy (non-hydrogen) atoms. The number of rotatable bonds is 10. The maximum atomic E-state index is 13.8. The van der Waals surface area contributed by atoms with Crippen LogP contribution in [0.25, 0.3) is 11.1 Å². The van der Waals surface area contributed by atoms with Crippen molar-refractivity contribution in [1.82, 2.24) is 4.90 Å². The number of nitrogens with two attached hydrogens (primary N) is 1. The molecule has 0 bridgehead atoms. The summed E-state index contributed by atoms with van der Waals surface area (Å²) >= 11 is 0. The number of halogens is 2. The van der Waals surface area contributed by atoms with Gasteiger partial charge in [-0.1, -0.05) is 36.4 Å². The topological polar surface area (TPSA) is 101 Å². The fourth-order valence-electron chi connectivity index (χ4n) is 4.28. The highest BCUT2D eigenvalue weighted by atomic mass is 19.1. The molecular formula is C28H28F2N2O4. The molecule has 0 aromatic heterocycles. The number of nitrogens with zero attached hydrogens (tertiary/aromatic N) is 1. The third-order valence-corrected chi connectivity index (χ3v) is 5.97. The Morgan fingerprint density at radius 3 is 2.11 bits per heavy atom. The van der Waals surface area contributed by atoms with Gasteiger partial charge < -0.3 is 15.7 Å². The molecule has 3 N–H and O–H groups in total. The highest BCUT2D eigenvalue weighted by Crippen LogP contribution is 2.29. The van der Waals surface area contributed by atoms with Crippen LogP contribution in [0.2, 0.25) is 0 Å². The van der Waals surface area contributed by atoms with Crippen molar-refractivity contribution in [2.75, 3.05) is 0 Å². The van der Waals surface area contributed by atoms with Crippen LogP contribution in [-0.2, 0) is 16.0 Å². The second-order valence-corrected chi connectivity index (χ2v) is 9.24. The van der Waals surface area contributed by atoms with Gasteiger partial charge in [-0.2, -0.15) is 0 Å². The quantitative estimate of drug-likeness (QED) is 0.422. The third-order valence-electron chi connectivity index (χ3n) is 5.97. The molecule has 3 rings (SSSR count). The van der Waals surface area contributed by atoms with E-state index in [1.807, 2.05) is 0 Å². The van der Waals surface area contributed by atoms with Crippen LogP contribution in [0.5, 0.6) is 0 Å².